The Hall–Kier alpha value is -2.09. The monoisotopic (exact) mass is 312 g/mol. The van der Waals surface area contributed by atoms with Crippen LogP contribution < -0.4 is 10.0 Å². The van der Waals surface area contributed by atoms with Crippen molar-refractivity contribution < 1.29 is 23.1 Å². The summed E-state index contributed by atoms with van der Waals surface area (Å²) in [6.07, 6.45) is 1.41. The van der Waals surface area contributed by atoms with E-state index in [1.807, 2.05) is 0 Å². The number of sulfonamides is 1. The summed E-state index contributed by atoms with van der Waals surface area (Å²) in [5.74, 6) is -2.38. The molecule has 21 heavy (non-hydrogen) atoms. The maximum absolute atomic E-state index is 11.8. The van der Waals surface area contributed by atoms with E-state index in [1.165, 1.54) is 0 Å². The highest BCUT2D eigenvalue weighted by Gasteiger charge is 2.48. The standard InChI is InChI=1S/C13H16N2O5S/c1-7-5-8(3-4-11(7)15-21(2,19)20)14-12(16)9-6-10(9)13(17)18/h3-5,9-10,15H,6H2,1-2H3,(H,14,16)(H,17,18)/t9-,10+/m1/s1. The fraction of sp³-hybridized carbons (Fsp3) is 0.385. The molecular weight excluding hydrogens is 296 g/mol. The van der Waals surface area contributed by atoms with Crippen molar-refractivity contribution in [1.82, 2.24) is 0 Å². The first-order valence-corrected chi connectivity index (χ1v) is 8.18. The lowest BCUT2D eigenvalue weighted by Gasteiger charge is -2.10. The molecule has 0 unspecified atom stereocenters. The molecule has 0 heterocycles. The van der Waals surface area contributed by atoms with Crippen LogP contribution in [0.4, 0.5) is 11.4 Å². The Balaban J connectivity index is 2.04. The van der Waals surface area contributed by atoms with Crippen LogP contribution in [0, 0.1) is 18.8 Å². The third-order valence-corrected chi connectivity index (χ3v) is 3.82. The van der Waals surface area contributed by atoms with Crippen LogP contribution >= 0.6 is 0 Å². The lowest BCUT2D eigenvalue weighted by molar-refractivity contribution is -0.139. The second kappa shape index (κ2) is 5.36. The molecule has 1 fully saturated rings. The van der Waals surface area contributed by atoms with Gasteiger partial charge in [0.25, 0.3) is 0 Å². The quantitative estimate of drug-likeness (QED) is 0.751. The molecule has 1 saturated carbocycles. The Morgan fingerprint density at radius 1 is 1.29 bits per heavy atom. The largest absolute Gasteiger partial charge is 0.481 e. The van der Waals surface area contributed by atoms with Crippen molar-refractivity contribution in [2.75, 3.05) is 16.3 Å². The lowest BCUT2D eigenvalue weighted by atomic mass is 10.2. The number of aliphatic carboxylic acids is 1. The number of amides is 1. The molecule has 0 saturated heterocycles. The highest BCUT2D eigenvalue weighted by atomic mass is 32.2. The SMILES string of the molecule is Cc1cc(NC(=O)[C@@H]2C[C@@H]2C(=O)O)ccc1NS(C)(=O)=O. The number of carbonyl (C=O) groups is 2. The van der Waals surface area contributed by atoms with Gasteiger partial charge in [0, 0.05) is 5.69 Å². The molecule has 1 aliphatic carbocycles. The minimum atomic E-state index is -3.36. The van der Waals surface area contributed by atoms with Crippen molar-refractivity contribution in [2.24, 2.45) is 11.8 Å². The minimum Gasteiger partial charge on any atom is -0.481 e. The summed E-state index contributed by atoms with van der Waals surface area (Å²) in [6.45, 7) is 1.71. The number of rotatable bonds is 5. The molecule has 1 aliphatic rings. The van der Waals surface area contributed by atoms with Gasteiger partial charge < -0.3 is 10.4 Å². The maximum atomic E-state index is 11.8. The molecule has 114 valence electrons. The number of benzene rings is 1. The highest BCUT2D eigenvalue weighted by Crippen LogP contribution is 2.39. The van der Waals surface area contributed by atoms with Crippen LogP contribution in [0.3, 0.4) is 0 Å². The summed E-state index contributed by atoms with van der Waals surface area (Å²) in [5.41, 5.74) is 1.60. The second-order valence-electron chi connectivity index (χ2n) is 5.18. The van der Waals surface area contributed by atoms with Crippen molar-refractivity contribution in [1.29, 1.82) is 0 Å². The van der Waals surface area contributed by atoms with Crippen molar-refractivity contribution in [3.63, 3.8) is 0 Å². The molecule has 7 nitrogen and oxygen atoms in total. The van der Waals surface area contributed by atoms with Crippen LogP contribution in [0.15, 0.2) is 18.2 Å². The van der Waals surface area contributed by atoms with E-state index in [1.54, 1.807) is 25.1 Å². The van der Waals surface area contributed by atoms with Gasteiger partial charge >= 0.3 is 5.97 Å². The lowest BCUT2D eigenvalue weighted by Crippen LogP contribution is -2.17. The van der Waals surface area contributed by atoms with Gasteiger partial charge in [0.2, 0.25) is 15.9 Å². The van der Waals surface area contributed by atoms with Gasteiger partial charge in [0.1, 0.15) is 0 Å². The summed E-state index contributed by atoms with van der Waals surface area (Å²) in [4.78, 5) is 22.5. The van der Waals surface area contributed by atoms with Crippen molar-refractivity contribution >= 4 is 33.3 Å². The zero-order chi connectivity index (χ0) is 15.8. The average Bonchev–Trinajstić information content (AvgIpc) is 3.11. The molecule has 8 heteroatoms. The molecule has 3 N–H and O–H groups in total. The third-order valence-electron chi connectivity index (χ3n) is 3.23. The minimum absolute atomic E-state index is 0.328. The summed E-state index contributed by atoms with van der Waals surface area (Å²) in [7, 11) is -3.36. The van der Waals surface area contributed by atoms with E-state index >= 15 is 0 Å². The Bertz CT molecular complexity index is 699. The van der Waals surface area contributed by atoms with Crippen LogP contribution in [0.25, 0.3) is 0 Å². The number of carboxylic acids is 1. The third kappa shape index (κ3) is 3.94. The zero-order valence-corrected chi connectivity index (χ0v) is 12.4. The Kier molecular flexibility index (Phi) is 3.91. The number of carbonyl (C=O) groups excluding carboxylic acids is 1. The number of hydrogen-bond donors (Lipinski definition) is 3. The summed E-state index contributed by atoms with van der Waals surface area (Å²) < 4.78 is 24.7. The molecule has 2 rings (SSSR count). The van der Waals surface area contributed by atoms with Gasteiger partial charge in [-0.1, -0.05) is 0 Å². The molecule has 0 radical (unpaired) electrons. The van der Waals surface area contributed by atoms with Gasteiger partial charge in [-0.05, 0) is 37.1 Å². The van der Waals surface area contributed by atoms with Crippen molar-refractivity contribution in [3.8, 4) is 0 Å². The van der Waals surface area contributed by atoms with Gasteiger partial charge in [-0.2, -0.15) is 0 Å². The predicted molar refractivity (Wildman–Crippen MR) is 77.5 cm³/mol. The van der Waals surface area contributed by atoms with Gasteiger partial charge in [-0.25, -0.2) is 8.42 Å². The summed E-state index contributed by atoms with van der Waals surface area (Å²) in [6, 6.07) is 4.74. The Morgan fingerprint density at radius 2 is 1.95 bits per heavy atom. The second-order valence-corrected chi connectivity index (χ2v) is 6.93. The maximum Gasteiger partial charge on any atom is 0.307 e. The van der Waals surface area contributed by atoms with Gasteiger partial charge in [-0.3, -0.25) is 14.3 Å². The number of carboxylic acid groups (broad SMARTS) is 1. The van der Waals surface area contributed by atoms with E-state index in [-0.39, 0.29) is 5.91 Å². The molecule has 2 atom stereocenters. The van der Waals surface area contributed by atoms with Crippen LogP contribution in [-0.2, 0) is 19.6 Å². The molecule has 0 aliphatic heterocycles. The number of aryl methyl sites for hydroxylation is 1. The van der Waals surface area contributed by atoms with Gasteiger partial charge in [0.05, 0.1) is 23.8 Å². The van der Waals surface area contributed by atoms with E-state index in [2.05, 4.69) is 10.0 Å². The van der Waals surface area contributed by atoms with Crippen molar-refractivity contribution in [3.05, 3.63) is 23.8 Å². The first-order valence-electron chi connectivity index (χ1n) is 6.29. The highest BCUT2D eigenvalue weighted by molar-refractivity contribution is 7.92. The normalized spacial score (nSPS) is 20.7. The van der Waals surface area contributed by atoms with Gasteiger partial charge in [-0.15, -0.1) is 0 Å². The summed E-state index contributed by atoms with van der Waals surface area (Å²) in [5, 5.41) is 11.4. The summed E-state index contributed by atoms with van der Waals surface area (Å²) >= 11 is 0. The van der Waals surface area contributed by atoms with Gasteiger partial charge in [0.15, 0.2) is 0 Å². The fourth-order valence-corrected chi connectivity index (χ4v) is 2.68. The molecule has 1 amide bonds. The predicted octanol–water partition coefficient (Wildman–Crippen LogP) is 1.03. The smallest absolute Gasteiger partial charge is 0.307 e. The fourth-order valence-electron chi connectivity index (χ4n) is 2.05. The number of hydrogen-bond acceptors (Lipinski definition) is 4. The topological polar surface area (TPSA) is 113 Å². The van der Waals surface area contributed by atoms with E-state index in [9.17, 15) is 18.0 Å². The molecule has 0 aromatic heterocycles. The molecule has 0 spiro atoms. The van der Waals surface area contributed by atoms with E-state index in [4.69, 9.17) is 5.11 Å². The van der Waals surface area contributed by atoms with Crippen LogP contribution in [0.5, 0.6) is 0 Å². The van der Waals surface area contributed by atoms with E-state index in [0.717, 1.165) is 6.26 Å². The van der Waals surface area contributed by atoms with Crippen LogP contribution in [0.2, 0.25) is 0 Å². The number of nitrogens with one attached hydrogen (secondary N) is 2. The Labute approximate surface area is 122 Å². The number of anilines is 2. The van der Waals surface area contributed by atoms with E-state index < -0.39 is 27.8 Å². The first kappa shape index (κ1) is 15.3. The first-order chi connectivity index (χ1) is 9.67. The van der Waals surface area contributed by atoms with Crippen LogP contribution in [-0.4, -0.2) is 31.7 Å². The van der Waals surface area contributed by atoms with Crippen LogP contribution in [0.1, 0.15) is 12.0 Å². The molecule has 1 aromatic carbocycles. The average molecular weight is 312 g/mol. The molecule has 1 aromatic rings. The molecule has 0 bridgehead atoms. The Morgan fingerprint density at radius 3 is 2.43 bits per heavy atom. The zero-order valence-electron chi connectivity index (χ0n) is 11.6. The van der Waals surface area contributed by atoms with Crippen molar-refractivity contribution in [2.45, 2.75) is 13.3 Å². The molecular formula is C13H16N2O5S. The van der Waals surface area contributed by atoms with E-state index in [0.29, 0.717) is 23.4 Å².